The predicted molar refractivity (Wildman–Crippen MR) is 82.8 cm³/mol. The van der Waals surface area contributed by atoms with Crippen molar-refractivity contribution in [3.8, 4) is 5.75 Å². The Labute approximate surface area is 133 Å². The molecule has 1 aromatic heterocycles. The zero-order valence-corrected chi connectivity index (χ0v) is 12.9. The lowest BCUT2D eigenvalue weighted by Crippen LogP contribution is -2.24. The maximum atomic E-state index is 5.97. The summed E-state index contributed by atoms with van der Waals surface area (Å²) in [7, 11) is 0. The first-order valence-electron chi connectivity index (χ1n) is 6.82. The summed E-state index contributed by atoms with van der Waals surface area (Å²) in [6.45, 7) is 2.80. The Bertz CT molecular complexity index is 609. The van der Waals surface area contributed by atoms with E-state index in [9.17, 15) is 0 Å². The van der Waals surface area contributed by atoms with Gasteiger partial charge in [-0.05, 0) is 12.0 Å². The van der Waals surface area contributed by atoms with Crippen LogP contribution in [0.15, 0.2) is 36.4 Å². The van der Waals surface area contributed by atoms with Crippen LogP contribution in [-0.4, -0.2) is 34.3 Å². The highest BCUT2D eigenvalue weighted by molar-refractivity contribution is 6.32. The van der Waals surface area contributed by atoms with Gasteiger partial charge in [-0.25, -0.2) is 0 Å². The van der Waals surface area contributed by atoms with Crippen molar-refractivity contribution in [2.45, 2.75) is 19.1 Å². The van der Waals surface area contributed by atoms with E-state index >= 15 is 0 Å². The lowest BCUT2D eigenvalue weighted by Gasteiger charge is -2.17. The average Bonchev–Trinajstić information content (AvgIpc) is 2.91. The maximum absolute atomic E-state index is 5.97. The van der Waals surface area contributed by atoms with E-state index in [1.807, 2.05) is 6.07 Å². The molecule has 3 rings (SSSR count). The highest BCUT2D eigenvalue weighted by Gasteiger charge is 2.25. The fraction of sp³-hybridized carbons (Fsp3) is 0.333. The Morgan fingerprint density at radius 2 is 2.00 bits per heavy atom. The molecule has 0 N–H and O–H groups in total. The van der Waals surface area contributed by atoms with Crippen molar-refractivity contribution in [3.05, 3.63) is 52.3 Å². The van der Waals surface area contributed by atoms with Gasteiger partial charge >= 0.3 is 0 Å². The third kappa shape index (κ3) is 3.84. The third-order valence-electron chi connectivity index (χ3n) is 3.46. The van der Waals surface area contributed by atoms with Gasteiger partial charge in [0.05, 0.1) is 0 Å². The van der Waals surface area contributed by atoms with Crippen LogP contribution in [0.3, 0.4) is 0 Å². The summed E-state index contributed by atoms with van der Waals surface area (Å²) >= 11 is 11.8. The molecule has 1 fully saturated rings. The van der Waals surface area contributed by atoms with E-state index in [0.29, 0.717) is 5.75 Å². The van der Waals surface area contributed by atoms with Crippen LogP contribution in [0.2, 0.25) is 10.3 Å². The third-order valence-corrected chi connectivity index (χ3v) is 3.91. The van der Waals surface area contributed by atoms with Crippen LogP contribution in [0.4, 0.5) is 0 Å². The minimum atomic E-state index is 0.103. The van der Waals surface area contributed by atoms with E-state index in [2.05, 4.69) is 39.4 Å². The number of aromatic nitrogens is 2. The monoisotopic (exact) mass is 323 g/mol. The highest BCUT2D eigenvalue weighted by atomic mass is 35.5. The van der Waals surface area contributed by atoms with Crippen LogP contribution in [0.5, 0.6) is 5.75 Å². The first-order chi connectivity index (χ1) is 10.2. The second-order valence-electron chi connectivity index (χ2n) is 5.07. The number of hydrogen-bond donors (Lipinski definition) is 0. The quantitative estimate of drug-likeness (QED) is 0.863. The van der Waals surface area contributed by atoms with Gasteiger partial charge < -0.3 is 4.74 Å². The standard InChI is InChI=1S/C15H15Cl2N3O/c16-14-8-13(15(17)19-18-14)21-12-6-7-20(10-12)9-11-4-2-1-3-5-11/h1-5,8,12H,6-7,9-10H2. The Kier molecular flexibility index (Phi) is 4.58. The molecule has 1 atom stereocenters. The van der Waals surface area contributed by atoms with E-state index in [-0.39, 0.29) is 16.4 Å². The number of rotatable bonds is 4. The topological polar surface area (TPSA) is 38.2 Å². The summed E-state index contributed by atoms with van der Waals surface area (Å²) in [4.78, 5) is 2.37. The molecule has 0 radical (unpaired) electrons. The molecule has 110 valence electrons. The molecule has 0 spiro atoms. The molecule has 4 nitrogen and oxygen atoms in total. The van der Waals surface area contributed by atoms with Gasteiger partial charge in [-0.2, -0.15) is 0 Å². The average molecular weight is 324 g/mol. The summed E-state index contributed by atoms with van der Waals surface area (Å²) < 4.78 is 5.89. The van der Waals surface area contributed by atoms with E-state index in [4.69, 9.17) is 27.9 Å². The maximum Gasteiger partial charge on any atom is 0.193 e. The Morgan fingerprint density at radius 1 is 1.19 bits per heavy atom. The van der Waals surface area contributed by atoms with E-state index < -0.39 is 0 Å². The molecule has 0 saturated carbocycles. The molecular weight excluding hydrogens is 309 g/mol. The Hall–Kier alpha value is -1.36. The first kappa shape index (κ1) is 14.6. The zero-order chi connectivity index (χ0) is 14.7. The van der Waals surface area contributed by atoms with Gasteiger partial charge in [0.25, 0.3) is 0 Å². The number of hydrogen-bond acceptors (Lipinski definition) is 4. The molecule has 21 heavy (non-hydrogen) atoms. The molecule has 0 aliphatic carbocycles. The summed E-state index contributed by atoms with van der Waals surface area (Å²) in [6, 6.07) is 12.0. The fourth-order valence-corrected chi connectivity index (χ4v) is 2.75. The normalized spacial score (nSPS) is 18.9. The summed E-state index contributed by atoms with van der Waals surface area (Å²) in [5, 5.41) is 7.97. The molecule has 1 aliphatic rings. The Balaban J connectivity index is 1.58. The number of halogens is 2. The molecule has 2 aromatic rings. The van der Waals surface area contributed by atoms with Crippen LogP contribution in [0.25, 0.3) is 0 Å². The van der Waals surface area contributed by atoms with Crippen molar-refractivity contribution in [1.82, 2.24) is 15.1 Å². The van der Waals surface area contributed by atoms with Crippen LogP contribution in [-0.2, 0) is 6.54 Å². The summed E-state index contributed by atoms with van der Waals surface area (Å²) in [6.07, 6.45) is 1.06. The lowest BCUT2D eigenvalue weighted by molar-refractivity contribution is 0.197. The smallest absolute Gasteiger partial charge is 0.193 e. The predicted octanol–water partition coefficient (Wildman–Crippen LogP) is 3.44. The van der Waals surface area contributed by atoms with Gasteiger partial charge in [0.15, 0.2) is 16.1 Å². The van der Waals surface area contributed by atoms with Gasteiger partial charge in [0.1, 0.15) is 6.10 Å². The molecule has 1 saturated heterocycles. The summed E-state index contributed by atoms with van der Waals surface area (Å²) in [5.74, 6) is 0.503. The SMILES string of the molecule is Clc1cc(OC2CCN(Cc3ccccc3)C2)c(Cl)nn1. The van der Waals surface area contributed by atoms with Crippen LogP contribution in [0.1, 0.15) is 12.0 Å². The van der Waals surface area contributed by atoms with Gasteiger partial charge in [0, 0.05) is 25.7 Å². The van der Waals surface area contributed by atoms with Crippen molar-refractivity contribution < 1.29 is 4.74 Å². The second-order valence-corrected chi connectivity index (χ2v) is 5.82. The van der Waals surface area contributed by atoms with E-state index in [0.717, 1.165) is 26.1 Å². The molecule has 2 heterocycles. The zero-order valence-electron chi connectivity index (χ0n) is 11.4. The van der Waals surface area contributed by atoms with Gasteiger partial charge in [-0.3, -0.25) is 4.90 Å². The molecular formula is C15H15Cl2N3O. The summed E-state index contributed by atoms with van der Waals surface area (Å²) in [5.41, 5.74) is 1.31. The molecule has 1 aliphatic heterocycles. The molecule has 1 unspecified atom stereocenters. The molecule has 0 amide bonds. The lowest BCUT2D eigenvalue weighted by atomic mass is 10.2. The molecule has 6 heteroatoms. The number of nitrogens with zero attached hydrogens (tertiary/aromatic N) is 3. The first-order valence-corrected chi connectivity index (χ1v) is 7.58. The van der Waals surface area contributed by atoms with E-state index in [1.54, 1.807) is 6.07 Å². The molecule has 1 aromatic carbocycles. The number of benzene rings is 1. The van der Waals surface area contributed by atoms with Crippen molar-refractivity contribution in [3.63, 3.8) is 0 Å². The van der Waals surface area contributed by atoms with Crippen molar-refractivity contribution in [2.24, 2.45) is 0 Å². The number of ether oxygens (including phenoxy) is 1. The van der Waals surface area contributed by atoms with Crippen LogP contribution in [0, 0.1) is 0 Å². The van der Waals surface area contributed by atoms with Gasteiger partial charge in [-0.15, -0.1) is 10.2 Å². The number of likely N-dealkylation sites (tertiary alicyclic amines) is 1. The minimum absolute atomic E-state index is 0.103. The second kappa shape index (κ2) is 6.60. The van der Waals surface area contributed by atoms with Crippen molar-refractivity contribution in [2.75, 3.05) is 13.1 Å². The van der Waals surface area contributed by atoms with Crippen molar-refractivity contribution in [1.29, 1.82) is 0 Å². The van der Waals surface area contributed by atoms with E-state index in [1.165, 1.54) is 5.56 Å². The largest absolute Gasteiger partial charge is 0.486 e. The highest BCUT2D eigenvalue weighted by Crippen LogP contribution is 2.27. The van der Waals surface area contributed by atoms with Gasteiger partial charge in [-0.1, -0.05) is 53.5 Å². The minimum Gasteiger partial charge on any atom is -0.486 e. The van der Waals surface area contributed by atoms with Crippen LogP contribution >= 0.6 is 23.2 Å². The van der Waals surface area contributed by atoms with Crippen molar-refractivity contribution >= 4 is 23.2 Å². The van der Waals surface area contributed by atoms with Crippen LogP contribution < -0.4 is 4.74 Å². The fourth-order valence-electron chi connectivity index (χ4n) is 2.48. The molecule has 0 bridgehead atoms. The van der Waals surface area contributed by atoms with Gasteiger partial charge in [0.2, 0.25) is 0 Å². The Morgan fingerprint density at radius 3 is 2.81 bits per heavy atom.